The first-order valence-corrected chi connectivity index (χ1v) is 13.6. The molecule has 0 radical (unpaired) electrons. The fourth-order valence-corrected chi connectivity index (χ4v) is 5.07. The van der Waals surface area contributed by atoms with E-state index < -0.39 is 30.1 Å². The Bertz CT molecular complexity index is 1020. The van der Waals surface area contributed by atoms with Crippen LogP contribution in [-0.4, -0.2) is 53.8 Å². The maximum Gasteiger partial charge on any atom is 0.280 e. The smallest absolute Gasteiger partial charge is 0.280 e. The lowest BCUT2D eigenvalue weighted by Crippen LogP contribution is -2.47. The number of nitrogens with two attached hydrogens (primary N) is 1. The van der Waals surface area contributed by atoms with Crippen LogP contribution in [0, 0.1) is 0 Å². The summed E-state index contributed by atoms with van der Waals surface area (Å²) in [7, 11) is 0. The molecule has 202 valence electrons. The number of carbonyl (C=O) groups is 1. The first-order chi connectivity index (χ1) is 17.4. The highest BCUT2D eigenvalue weighted by molar-refractivity contribution is 5.88. The van der Waals surface area contributed by atoms with E-state index in [0.29, 0.717) is 6.42 Å². The average molecular weight is 506 g/mol. The second-order valence-corrected chi connectivity index (χ2v) is 10.1. The zero-order chi connectivity index (χ0) is 26.0. The molecule has 0 bridgehead atoms. The van der Waals surface area contributed by atoms with Crippen LogP contribution >= 0.6 is 0 Å². The van der Waals surface area contributed by atoms with Crippen molar-refractivity contribution in [2.24, 2.45) is 0 Å². The number of nitrogens with zero attached hydrogens (tertiary/aromatic N) is 3. The molecular formula is C26H43N5O5. The van der Waals surface area contributed by atoms with Crippen LogP contribution in [0.3, 0.4) is 0 Å². The summed E-state index contributed by atoms with van der Waals surface area (Å²) in [5, 5.41) is 21.0. The van der Waals surface area contributed by atoms with Crippen molar-refractivity contribution in [3.05, 3.63) is 16.7 Å². The number of nitrogens with one attached hydrogen (secondary N) is 1. The van der Waals surface area contributed by atoms with E-state index in [0.717, 1.165) is 12.8 Å². The molecule has 0 unspecified atom stereocenters. The van der Waals surface area contributed by atoms with E-state index in [1.54, 1.807) is 0 Å². The van der Waals surface area contributed by atoms with Crippen LogP contribution in [0.4, 0.5) is 5.95 Å². The van der Waals surface area contributed by atoms with Crippen LogP contribution in [0.1, 0.15) is 109 Å². The first kappa shape index (κ1) is 28.3. The Hall–Kier alpha value is -2.30. The molecule has 3 atom stereocenters. The van der Waals surface area contributed by atoms with Gasteiger partial charge in [0.05, 0.1) is 12.9 Å². The van der Waals surface area contributed by atoms with Gasteiger partial charge < -0.3 is 20.7 Å². The summed E-state index contributed by atoms with van der Waals surface area (Å²) in [6, 6.07) is 0. The number of rotatable bonds is 17. The Morgan fingerprint density at radius 1 is 1.11 bits per heavy atom. The van der Waals surface area contributed by atoms with E-state index in [-0.39, 0.29) is 35.7 Å². The molecular weight excluding hydrogens is 462 g/mol. The predicted octanol–water partition coefficient (Wildman–Crippen LogP) is 3.76. The number of aromatic nitrogens is 4. The number of aromatic amines is 1. The number of anilines is 1. The molecule has 1 aliphatic rings. The van der Waals surface area contributed by atoms with Gasteiger partial charge in [0.1, 0.15) is 12.3 Å². The van der Waals surface area contributed by atoms with E-state index >= 15 is 0 Å². The second-order valence-electron chi connectivity index (χ2n) is 10.1. The highest BCUT2D eigenvalue weighted by Crippen LogP contribution is 2.39. The van der Waals surface area contributed by atoms with Crippen molar-refractivity contribution in [1.82, 2.24) is 19.5 Å². The van der Waals surface area contributed by atoms with Crippen LogP contribution in [0.15, 0.2) is 11.1 Å². The monoisotopic (exact) mass is 505 g/mol. The summed E-state index contributed by atoms with van der Waals surface area (Å²) in [6.07, 6.45) is 15.4. The second kappa shape index (κ2) is 13.9. The summed E-state index contributed by atoms with van der Waals surface area (Å²) < 4.78 is 7.28. The van der Waals surface area contributed by atoms with Gasteiger partial charge in [-0.1, -0.05) is 84.0 Å². The van der Waals surface area contributed by atoms with Crippen LogP contribution in [-0.2, 0) is 9.53 Å². The zero-order valence-electron chi connectivity index (χ0n) is 21.6. The molecule has 36 heavy (non-hydrogen) atoms. The van der Waals surface area contributed by atoms with Crippen LogP contribution in [0.2, 0.25) is 0 Å². The molecule has 2 aromatic rings. The van der Waals surface area contributed by atoms with E-state index in [9.17, 15) is 19.8 Å². The summed E-state index contributed by atoms with van der Waals surface area (Å²) in [5.74, 6) is -0.401. The number of ketones is 1. The van der Waals surface area contributed by atoms with E-state index in [4.69, 9.17) is 10.5 Å². The van der Waals surface area contributed by atoms with Gasteiger partial charge in [0, 0.05) is 12.8 Å². The minimum absolute atomic E-state index is 0.0602. The average Bonchev–Trinajstić information content (AvgIpc) is 3.43. The SMILES string of the molecule is CCCCCCCCCCCCCCCC(=O)[C@]1(O)C[C@H](n2cnc3c(=O)[nH]c(N)nc32)O[C@@H]1CO. The third-order valence-electron chi connectivity index (χ3n) is 7.26. The van der Waals surface area contributed by atoms with Gasteiger partial charge in [-0.25, -0.2) is 4.98 Å². The van der Waals surface area contributed by atoms with E-state index in [1.165, 1.54) is 75.1 Å². The number of aliphatic hydroxyl groups excluding tert-OH is 1. The van der Waals surface area contributed by atoms with Gasteiger partial charge in [-0.3, -0.25) is 19.1 Å². The standard InChI is InChI=1S/C26H43N5O5/c1-2-3-4-5-6-7-8-9-10-11-12-13-14-15-19(33)26(35)16-21(36-20(26)17-32)31-18-28-22-23(31)29-25(27)30-24(22)34/h18,20-21,32,35H,2-17H2,1H3,(H3,27,29,30,34)/t20-,21-,26-/m1/s1. The molecule has 3 rings (SSSR count). The lowest BCUT2D eigenvalue weighted by Gasteiger charge is -2.25. The number of unbranched alkanes of at least 4 members (excludes halogenated alkanes) is 12. The van der Waals surface area contributed by atoms with Crippen LogP contribution < -0.4 is 11.3 Å². The van der Waals surface area contributed by atoms with Gasteiger partial charge in [-0.2, -0.15) is 4.98 Å². The Morgan fingerprint density at radius 2 is 1.69 bits per heavy atom. The molecule has 2 aromatic heterocycles. The Morgan fingerprint density at radius 3 is 2.28 bits per heavy atom. The minimum atomic E-state index is -1.81. The molecule has 0 aromatic carbocycles. The molecule has 0 amide bonds. The van der Waals surface area contributed by atoms with Crippen molar-refractivity contribution in [2.75, 3.05) is 12.3 Å². The summed E-state index contributed by atoms with van der Waals surface area (Å²) in [4.78, 5) is 35.6. The summed E-state index contributed by atoms with van der Waals surface area (Å²) in [5.41, 5.74) is 3.65. The van der Waals surface area contributed by atoms with Gasteiger partial charge in [-0.15, -0.1) is 0 Å². The fraction of sp³-hybridized carbons (Fsp3) is 0.769. The molecule has 5 N–H and O–H groups in total. The number of H-pyrrole nitrogens is 1. The topological polar surface area (TPSA) is 156 Å². The molecule has 0 spiro atoms. The van der Waals surface area contributed by atoms with Crippen LogP contribution in [0.5, 0.6) is 0 Å². The lowest BCUT2D eigenvalue weighted by atomic mass is 9.87. The Kier molecular flexibility index (Phi) is 10.9. The molecule has 0 saturated carbocycles. The van der Waals surface area contributed by atoms with Gasteiger partial charge in [-0.05, 0) is 6.42 Å². The minimum Gasteiger partial charge on any atom is -0.394 e. The number of ether oxygens (including phenoxy) is 1. The van der Waals surface area contributed by atoms with Crippen molar-refractivity contribution in [2.45, 2.75) is 121 Å². The molecule has 0 aliphatic carbocycles. The number of hydrogen-bond acceptors (Lipinski definition) is 8. The largest absolute Gasteiger partial charge is 0.394 e. The summed E-state index contributed by atoms with van der Waals surface area (Å²) >= 11 is 0. The third kappa shape index (κ3) is 7.14. The fourth-order valence-electron chi connectivity index (χ4n) is 5.07. The molecule has 1 saturated heterocycles. The number of nitrogen functional groups attached to an aromatic ring is 1. The quantitative estimate of drug-likeness (QED) is 0.237. The zero-order valence-corrected chi connectivity index (χ0v) is 21.6. The number of fused-ring (bicyclic) bond motifs is 1. The Labute approximate surface area is 212 Å². The predicted molar refractivity (Wildman–Crippen MR) is 138 cm³/mol. The third-order valence-corrected chi connectivity index (χ3v) is 7.26. The van der Waals surface area contributed by atoms with Crippen molar-refractivity contribution >= 4 is 22.9 Å². The molecule has 1 fully saturated rings. The maximum absolute atomic E-state index is 13.0. The molecule has 3 heterocycles. The number of Topliss-reactive ketones (excluding diaryl/α,β-unsaturated/α-hetero) is 1. The van der Waals surface area contributed by atoms with Crippen molar-refractivity contribution in [3.63, 3.8) is 0 Å². The first-order valence-electron chi connectivity index (χ1n) is 13.6. The number of carbonyl (C=O) groups excluding carboxylic acids is 1. The van der Waals surface area contributed by atoms with Gasteiger partial charge in [0.15, 0.2) is 22.5 Å². The van der Waals surface area contributed by atoms with E-state index in [1.807, 2.05) is 0 Å². The van der Waals surface area contributed by atoms with Gasteiger partial charge in [0.2, 0.25) is 5.95 Å². The van der Waals surface area contributed by atoms with Gasteiger partial charge in [0.25, 0.3) is 5.56 Å². The van der Waals surface area contributed by atoms with Crippen LogP contribution in [0.25, 0.3) is 11.2 Å². The van der Waals surface area contributed by atoms with Crippen molar-refractivity contribution in [1.29, 1.82) is 0 Å². The highest BCUT2D eigenvalue weighted by atomic mass is 16.5. The van der Waals surface area contributed by atoms with Crippen molar-refractivity contribution < 1.29 is 19.7 Å². The molecule has 10 heteroatoms. The number of hydrogen-bond donors (Lipinski definition) is 4. The molecule has 10 nitrogen and oxygen atoms in total. The summed E-state index contributed by atoms with van der Waals surface area (Å²) in [6.45, 7) is 1.74. The maximum atomic E-state index is 13.0. The number of aliphatic hydroxyl groups is 2. The van der Waals surface area contributed by atoms with Gasteiger partial charge >= 0.3 is 0 Å². The number of imidazole rings is 1. The van der Waals surface area contributed by atoms with E-state index in [2.05, 4.69) is 21.9 Å². The van der Waals surface area contributed by atoms with Crippen molar-refractivity contribution in [3.8, 4) is 0 Å². The highest BCUT2D eigenvalue weighted by Gasteiger charge is 2.52. The lowest BCUT2D eigenvalue weighted by molar-refractivity contribution is -0.146. The molecule has 1 aliphatic heterocycles. The Balaban J connectivity index is 1.40. The normalized spacial score (nSPS) is 22.0.